The lowest BCUT2D eigenvalue weighted by molar-refractivity contribution is -0.197. The first-order valence-electron chi connectivity index (χ1n) is 9.70. The minimum absolute atomic E-state index is 0.00980. The Kier molecular flexibility index (Phi) is 8.09. The molecular formula is C18H29N5O6. The molecule has 0 radical (unpaired) electrons. The number of piperazine rings is 1. The van der Waals surface area contributed by atoms with E-state index in [0.29, 0.717) is 17.6 Å². The fourth-order valence-electron chi connectivity index (χ4n) is 3.17. The lowest BCUT2D eigenvalue weighted by Crippen LogP contribution is -2.59. The second-order valence-corrected chi connectivity index (χ2v) is 7.43. The Morgan fingerprint density at radius 2 is 1.59 bits per heavy atom. The summed E-state index contributed by atoms with van der Waals surface area (Å²) in [5, 5.41) is 5.77. The van der Waals surface area contributed by atoms with Gasteiger partial charge in [0.25, 0.3) is 11.8 Å². The van der Waals surface area contributed by atoms with Crippen LogP contribution in [0.4, 0.5) is 0 Å². The van der Waals surface area contributed by atoms with Crippen molar-refractivity contribution in [1.29, 1.82) is 0 Å². The molecule has 11 heteroatoms. The molecule has 2 rings (SSSR count). The van der Waals surface area contributed by atoms with Gasteiger partial charge in [-0.05, 0) is 21.0 Å². The van der Waals surface area contributed by atoms with Crippen molar-refractivity contribution in [2.75, 3.05) is 40.3 Å². The molecule has 0 aromatic heterocycles. The molecule has 29 heavy (non-hydrogen) atoms. The van der Waals surface area contributed by atoms with Crippen molar-refractivity contribution in [2.24, 2.45) is 0 Å². The molecule has 0 bridgehead atoms. The Labute approximate surface area is 169 Å². The zero-order valence-electron chi connectivity index (χ0n) is 17.1. The van der Waals surface area contributed by atoms with E-state index in [4.69, 9.17) is 4.84 Å². The monoisotopic (exact) mass is 420 g/mol. The number of amides is 4. The third kappa shape index (κ3) is 6.50. The Hall–Kier alpha value is -2.53. The highest BCUT2D eigenvalue weighted by molar-refractivity contribution is 6.01. The summed E-state index contributed by atoms with van der Waals surface area (Å²) < 4.78 is 0. The summed E-state index contributed by atoms with van der Waals surface area (Å²) in [5.74, 6) is -2.32. The third-order valence-electron chi connectivity index (χ3n) is 5.10. The van der Waals surface area contributed by atoms with Crippen molar-refractivity contribution in [3.8, 4) is 0 Å². The fourth-order valence-corrected chi connectivity index (χ4v) is 3.17. The first kappa shape index (κ1) is 22.8. The molecule has 2 unspecified atom stereocenters. The van der Waals surface area contributed by atoms with Crippen LogP contribution in [0.5, 0.6) is 0 Å². The van der Waals surface area contributed by atoms with Crippen LogP contribution in [0.25, 0.3) is 0 Å². The molecule has 0 saturated carbocycles. The van der Waals surface area contributed by atoms with Crippen molar-refractivity contribution < 1.29 is 28.8 Å². The van der Waals surface area contributed by atoms with Gasteiger partial charge < -0.3 is 20.4 Å². The maximum atomic E-state index is 12.3. The molecule has 0 spiro atoms. The van der Waals surface area contributed by atoms with E-state index in [0.717, 1.165) is 6.54 Å². The van der Waals surface area contributed by atoms with Crippen LogP contribution in [0.1, 0.15) is 32.6 Å². The van der Waals surface area contributed by atoms with Gasteiger partial charge in [0.15, 0.2) is 0 Å². The van der Waals surface area contributed by atoms with Gasteiger partial charge in [0.1, 0.15) is 6.04 Å². The number of hydrogen-bond donors (Lipinski definition) is 2. The van der Waals surface area contributed by atoms with Gasteiger partial charge in [-0.3, -0.25) is 24.1 Å². The number of nitrogens with zero attached hydrogens (tertiary/aromatic N) is 3. The molecule has 2 aliphatic heterocycles. The summed E-state index contributed by atoms with van der Waals surface area (Å²) in [5.41, 5.74) is 0. The zero-order chi connectivity index (χ0) is 21.6. The van der Waals surface area contributed by atoms with E-state index in [-0.39, 0.29) is 56.6 Å². The van der Waals surface area contributed by atoms with Gasteiger partial charge in [0.05, 0.1) is 6.42 Å². The number of carbonyl (C=O) groups is 5. The van der Waals surface area contributed by atoms with Gasteiger partial charge in [-0.25, -0.2) is 4.79 Å². The van der Waals surface area contributed by atoms with E-state index in [1.807, 2.05) is 19.0 Å². The molecule has 162 valence electrons. The minimum atomic E-state index is -0.777. The first-order valence-corrected chi connectivity index (χ1v) is 9.70. The maximum absolute atomic E-state index is 12.3. The predicted octanol–water partition coefficient (Wildman–Crippen LogP) is -1.76. The van der Waals surface area contributed by atoms with Crippen LogP contribution in [-0.2, 0) is 28.8 Å². The number of rotatable bonds is 8. The summed E-state index contributed by atoms with van der Waals surface area (Å²) in [6.45, 7) is 3.72. The van der Waals surface area contributed by atoms with Crippen molar-refractivity contribution >= 4 is 29.6 Å². The molecule has 4 amide bonds. The molecule has 2 saturated heterocycles. The van der Waals surface area contributed by atoms with Crippen molar-refractivity contribution in [2.45, 2.75) is 44.7 Å². The van der Waals surface area contributed by atoms with E-state index in [9.17, 15) is 24.0 Å². The van der Waals surface area contributed by atoms with Gasteiger partial charge in [-0.1, -0.05) is 0 Å². The second-order valence-electron chi connectivity index (χ2n) is 7.43. The average Bonchev–Trinajstić information content (AvgIpc) is 2.96. The van der Waals surface area contributed by atoms with Crippen LogP contribution in [-0.4, -0.2) is 96.8 Å². The molecule has 11 nitrogen and oxygen atoms in total. The SMILES string of the molecule is CC1C[15N](C)C(C(=O)[15NH]C[13CH2][13C](=O)[15NH][13CH2][13CH2][13C](=O)ON2C(=O)CCC2=O)C[15N]1C. The van der Waals surface area contributed by atoms with Crippen molar-refractivity contribution in [1.82, 2.24) is 25.5 Å². The van der Waals surface area contributed by atoms with E-state index in [2.05, 4.69) is 22.5 Å². The number of carbonyl (C=O) groups excluding carboxylic acids is 5. The smallest absolute Gasteiger partial charge is 0.334 e. The molecule has 0 aliphatic carbocycles. The van der Waals surface area contributed by atoms with Crippen LogP contribution >= 0.6 is 0 Å². The first-order chi connectivity index (χ1) is 13.7. The van der Waals surface area contributed by atoms with Crippen LogP contribution in [0.3, 0.4) is 0 Å². The van der Waals surface area contributed by atoms with Gasteiger partial charge in [0.2, 0.25) is 11.8 Å². The topological polar surface area (TPSA) is 128 Å². The minimum Gasteiger partial charge on any atom is -0.355 e. The summed E-state index contributed by atoms with van der Waals surface area (Å²) in [4.78, 5) is 67.4. The van der Waals surface area contributed by atoms with E-state index in [1.165, 1.54) is 0 Å². The molecule has 2 heterocycles. The van der Waals surface area contributed by atoms with Gasteiger partial charge in [-0.15, -0.1) is 5.06 Å². The maximum Gasteiger partial charge on any atom is 0.334 e. The van der Waals surface area contributed by atoms with Crippen LogP contribution in [0.15, 0.2) is 0 Å². The third-order valence-corrected chi connectivity index (χ3v) is 5.10. The highest BCUT2D eigenvalue weighted by atomic mass is 16.8. The highest BCUT2D eigenvalue weighted by Gasteiger charge is 2.33. The second kappa shape index (κ2) is 10.3. The fraction of sp³-hybridized carbons (Fsp3) is 0.722. The largest absolute Gasteiger partial charge is 0.355 e. The summed E-state index contributed by atoms with van der Waals surface area (Å²) in [6, 6.07) is 0.119. The van der Waals surface area contributed by atoms with Crippen LogP contribution in [0, 0.1) is 0 Å². The number of imide groups is 1. The Bertz CT molecular complexity index is 653. The van der Waals surface area contributed by atoms with Crippen molar-refractivity contribution in [3.63, 3.8) is 0 Å². The molecule has 2 N–H and O–H groups in total. The molecule has 0 aromatic rings. The summed E-state index contributed by atoms with van der Waals surface area (Å²) in [7, 11) is 3.88. The van der Waals surface area contributed by atoms with E-state index in [1.54, 1.807) is 0 Å². The molecular weight excluding hydrogens is 391 g/mol. The Morgan fingerprint density at radius 3 is 2.24 bits per heavy atom. The van der Waals surface area contributed by atoms with Gasteiger partial charge >= 0.3 is 5.97 Å². The average molecular weight is 420 g/mol. The zero-order valence-corrected chi connectivity index (χ0v) is 17.1. The van der Waals surface area contributed by atoms with Crippen molar-refractivity contribution in [3.05, 3.63) is 0 Å². The Balaban J connectivity index is 1.60. The molecule has 0 aromatic carbocycles. The number of nitrogens with one attached hydrogen (secondary N) is 2. The standard InChI is InChI=1S/C18H29N5O6/c1-12-10-22(3)13(11-21(12)2)18(28)20-8-6-14(24)19-9-7-17(27)29-23-15(25)4-5-16(23)26/h12-13H,4-11H2,1-3H3,(H,19,24)(H,20,28)/i6+1,7+1,9+1,14+1,17+1,19+1,20+1,21+1,22+1. The van der Waals surface area contributed by atoms with Gasteiger partial charge in [-0.2, -0.15) is 0 Å². The van der Waals surface area contributed by atoms with Crippen LogP contribution < -0.4 is 10.6 Å². The number of hydroxylamine groups is 2. The highest BCUT2D eigenvalue weighted by Crippen LogP contribution is 2.13. The summed E-state index contributed by atoms with van der Waals surface area (Å²) in [6.07, 6.45) is -0.0415. The molecule has 2 fully saturated rings. The lowest BCUT2D eigenvalue weighted by atomic mass is 10.2. The Morgan fingerprint density at radius 1 is 0.966 bits per heavy atom. The van der Waals surface area contributed by atoms with Crippen LogP contribution in [0.2, 0.25) is 0 Å². The molecule has 2 aliphatic rings. The lowest BCUT2D eigenvalue weighted by Gasteiger charge is -2.41. The number of hydrogen-bond acceptors (Lipinski definition) is 8. The van der Waals surface area contributed by atoms with E-state index < -0.39 is 17.8 Å². The van der Waals surface area contributed by atoms with E-state index >= 15 is 0 Å². The summed E-state index contributed by atoms with van der Waals surface area (Å²) >= 11 is 0. The molecule has 2 atom stereocenters. The predicted molar refractivity (Wildman–Crippen MR) is 101 cm³/mol. The normalized spacial score (nSPS) is 23.2. The quantitative estimate of drug-likeness (QED) is 0.269. The van der Waals surface area contributed by atoms with Gasteiger partial charge in [0, 0.05) is 51.5 Å². The number of likely N-dealkylation sites (N-methyl/N-ethyl adjacent to an activating group) is 2.